The van der Waals surface area contributed by atoms with E-state index in [9.17, 15) is 13.2 Å². The second kappa shape index (κ2) is 3.79. The van der Waals surface area contributed by atoms with Crippen LogP contribution in [0.5, 0.6) is 0 Å². The van der Waals surface area contributed by atoms with Crippen molar-refractivity contribution in [3.8, 4) is 0 Å². The molecule has 0 saturated heterocycles. The van der Waals surface area contributed by atoms with Crippen molar-refractivity contribution in [1.82, 2.24) is 0 Å². The van der Waals surface area contributed by atoms with Crippen LogP contribution in [-0.2, 0) is 6.67 Å². The van der Waals surface area contributed by atoms with Gasteiger partial charge in [0.25, 0.3) is 0 Å². The summed E-state index contributed by atoms with van der Waals surface area (Å²) in [6.07, 6.45) is 0. The fourth-order valence-corrected chi connectivity index (χ4v) is 1.56. The number of hydrogen-bond acceptors (Lipinski definition) is 0. The van der Waals surface area contributed by atoms with Gasteiger partial charge in [-0.25, -0.2) is 13.2 Å². The van der Waals surface area contributed by atoms with Crippen molar-refractivity contribution in [2.24, 2.45) is 0 Å². The Morgan fingerprint density at radius 3 is 2.25 bits per heavy atom. The highest BCUT2D eigenvalue weighted by Crippen LogP contribution is 2.31. The normalized spacial score (nSPS) is 10.4. The SMILES string of the molecule is FCc1cc(F)c(F)c(Br)c1Br. The van der Waals surface area contributed by atoms with Crippen LogP contribution in [0.4, 0.5) is 13.2 Å². The van der Waals surface area contributed by atoms with Crippen LogP contribution >= 0.6 is 31.9 Å². The van der Waals surface area contributed by atoms with E-state index in [-0.39, 0.29) is 14.5 Å². The lowest BCUT2D eigenvalue weighted by molar-refractivity contribution is 0.468. The first-order valence-corrected chi connectivity index (χ1v) is 4.54. The monoisotopic (exact) mass is 302 g/mol. The maximum atomic E-state index is 12.7. The molecule has 0 atom stereocenters. The second-order valence-corrected chi connectivity index (χ2v) is 3.68. The molecule has 1 rings (SSSR count). The van der Waals surface area contributed by atoms with Crippen LogP contribution in [0.2, 0.25) is 0 Å². The summed E-state index contributed by atoms with van der Waals surface area (Å²) in [5.41, 5.74) is 0.0841. The van der Waals surface area contributed by atoms with Gasteiger partial charge in [-0.15, -0.1) is 0 Å². The van der Waals surface area contributed by atoms with Crippen LogP contribution in [0.25, 0.3) is 0 Å². The van der Waals surface area contributed by atoms with Crippen LogP contribution in [0.3, 0.4) is 0 Å². The molecule has 0 N–H and O–H groups in total. The van der Waals surface area contributed by atoms with Crippen LogP contribution in [0.1, 0.15) is 5.56 Å². The lowest BCUT2D eigenvalue weighted by atomic mass is 10.2. The second-order valence-electron chi connectivity index (χ2n) is 2.09. The minimum atomic E-state index is -1.06. The summed E-state index contributed by atoms with van der Waals surface area (Å²) < 4.78 is 37.6. The quantitative estimate of drug-likeness (QED) is 0.544. The Morgan fingerprint density at radius 1 is 1.17 bits per heavy atom. The fourth-order valence-electron chi connectivity index (χ4n) is 0.719. The highest BCUT2D eigenvalue weighted by molar-refractivity contribution is 9.13. The van der Waals surface area contributed by atoms with Gasteiger partial charge in [0.05, 0.1) is 4.47 Å². The molecule has 0 aliphatic carbocycles. The van der Waals surface area contributed by atoms with E-state index in [2.05, 4.69) is 31.9 Å². The molecule has 0 aliphatic rings. The minimum Gasteiger partial charge on any atom is -0.246 e. The number of hydrogen-bond donors (Lipinski definition) is 0. The number of benzene rings is 1. The Hall–Kier alpha value is -0.0300. The van der Waals surface area contributed by atoms with Gasteiger partial charge in [-0.2, -0.15) is 0 Å². The molecule has 0 nitrogen and oxygen atoms in total. The molecular formula is C7H3Br2F3. The largest absolute Gasteiger partial charge is 0.246 e. The summed E-state index contributed by atoms with van der Waals surface area (Å²) in [5.74, 6) is -2.07. The van der Waals surface area contributed by atoms with Gasteiger partial charge in [-0.3, -0.25) is 0 Å². The van der Waals surface area contributed by atoms with Crippen molar-refractivity contribution < 1.29 is 13.2 Å². The van der Waals surface area contributed by atoms with E-state index in [0.717, 1.165) is 6.07 Å². The van der Waals surface area contributed by atoms with Crippen LogP contribution < -0.4 is 0 Å². The van der Waals surface area contributed by atoms with Gasteiger partial charge < -0.3 is 0 Å². The Morgan fingerprint density at radius 2 is 1.75 bits per heavy atom. The van der Waals surface area contributed by atoms with Crippen molar-refractivity contribution >= 4 is 31.9 Å². The van der Waals surface area contributed by atoms with E-state index in [1.54, 1.807) is 0 Å². The maximum Gasteiger partial charge on any atom is 0.174 e. The maximum absolute atomic E-state index is 12.7. The Kier molecular flexibility index (Phi) is 3.17. The Bertz CT molecular complexity index is 312. The Balaban J connectivity index is 3.39. The third-order valence-corrected chi connectivity index (χ3v) is 3.50. The third-order valence-electron chi connectivity index (χ3n) is 1.32. The Labute approximate surface area is 84.0 Å². The molecule has 0 heterocycles. The first-order chi connectivity index (χ1) is 5.57. The summed E-state index contributed by atoms with van der Waals surface area (Å²) >= 11 is 5.72. The van der Waals surface area contributed by atoms with Crippen molar-refractivity contribution in [3.63, 3.8) is 0 Å². The molecule has 0 saturated carbocycles. The van der Waals surface area contributed by atoms with Crippen LogP contribution in [-0.4, -0.2) is 0 Å². The minimum absolute atomic E-state index is 0.0841. The van der Waals surface area contributed by atoms with Crippen molar-refractivity contribution in [2.45, 2.75) is 6.67 Å². The van der Waals surface area contributed by atoms with Gasteiger partial charge in [-0.05, 0) is 37.9 Å². The molecule has 0 unspecified atom stereocenters. The van der Waals surface area contributed by atoms with E-state index in [1.165, 1.54) is 0 Å². The zero-order valence-electron chi connectivity index (χ0n) is 5.67. The van der Waals surface area contributed by atoms with E-state index in [1.807, 2.05) is 0 Å². The number of halogens is 5. The molecule has 0 aromatic heterocycles. The predicted octanol–water partition coefficient (Wildman–Crippen LogP) is 3.96. The highest BCUT2D eigenvalue weighted by Gasteiger charge is 2.14. The molecule has 0 spiro atoms. The summed E-state index contributed by atoms with van der Waals surface area (Å²) in [7, 11) is 0. The topological polar surface area (TPSA) is 0 Å². The lowest BCUT2D eigenvalue weighted by Crippen LogP contribution is -1.92. The average Bonchev–Trinajstić information content (AvgIpc) is 2.08. The molecule has 0 amide bonds. The molecule has 1 aromatic rings. The smallest absolute Gasteiger partial charge is 0.174 e. The molecule has 1 aromatic carbocycles. The van der Waals surface area contributed by atoms with Gasteiger partial charge in [0, 0.05) is 10.0 Å². The van der Waals surface area contributed by atoms with Crippen molar-refractivity contribution in [2.75, 3.05) is 0 Å². The standard InChI is InChI=1S/C7H3Br2F3/c8-5-3(2-10)1-4(11)7(12)6(5)9/h1H,2H2. The fraction of sp³-hybridized carbons (Fsp3) is 0.143. The predicted molar refractivity (Wildman–Crippen MR) is 46.6 cm³/mol. The summed E-state index contributed by atoms with van der Waals surface area (Å²) in [6, 6.07) is 0.824. The number of alkyl halides is 1. The molecule has 0 aliphatic heterocycles. The zero-order chi connectivity index (χ0) is 9.30. The summed E-state index contributed by atoms with van der Waals surface area (Å²) in [6.45, 7) is -0.837. The summed E-state index contributed by atoms with van der Waals surface area (Å²) in [4.78, 5) is 0. The van der Waals surface area contributed by atoms with E-state index in [4.69, 9.17) is 0 Å². The highest BCUT2D eigenvalue weighted by atomic mass is 79.9. The van der Waals surface area contributed by atoms with Crippen LogP contribution in [0, 0.1) is 11.6 Å². The van der Waals surface area contributed by atoms with Gasteiger partial charge >= 0.3 is 0 Å². The zero-order valence-corrected chi connectivity index (χ0v) is 8.85. The van der Waals surface area contributed by atoms with E-state index in [0.29, 0.717) is 0 Å². The van der Waals surface area contributed by atoms with Crippen LogP contribution in [0.15, 0.2) is 15.0 Å². The molecule has 66 valence electrons. The number of rotatable bonds is 1. The van der Waals surface area contributed by atoms with Gasteiger partial charge in [-0.1, -0.05) is 0 Å². The van der Waals surface area contributed by atoms with Crippen molar-refractivity contribution in [1.29, 1.82) is 0 Å². The average molecular weight is 304 g/mol. The van der Waals surface area contributed by atoms with Gasteiger partial charge in [0.1, 0.15) is 6.67 Å². The first-order valence-electron chi connectivity index (χ1n) is 2.95. The molecule has 12 heavy (non-hydrogen) atoms. The van der Waals surface area contributed by atoms with Gasteiger partial charge in [0.2, 0.25) is 0 Å². The first kappa shape index (κ1) is 10.1. The van der Waals surface area contributed by atoms with Gasteiger partial charge in [0.15, 0.2) is 11.6 Å². The van der Waals surface area contributed by atoms with Crippen molar-refractivity contribution in [3.05, 3.63) is 32.2 Å². The van der Waals surface area contributed by atoms with E-state index >= 15 is 0 Å². The third kappa shape index (κ3) is 1.66. The molecule has 5 heteroatoms. The lowest BCUT2D eigenvalue weighted by Gasteiger charge is -2.03. The molecular weight excluding hydrogens is 301 g/mol. The van der Waals surface area contributed by atoms with E-state index < -0.39 is 18.3 Å². The molecule has 0 bridgehead atoms. The summed E-state index contributed by atoms with van der Waals surface area (Å²) in [5, 5.41) is 0. The molecule has 0 fully saturated rings. The molecule has 0 radical (unpaired) electrons.